The summed E-state index contributed by atoms with van der Waals surface area (Å²) in [6, 6.07) is 14.1. The third-order valence-electron chi connectivity index (χ3n) is 4.61. The van der Waals surface area contributed by atoms with Gasteiger partial charge in [-0.25, -0.2) is 23.1 Å². The van der Waals surface area contributed by atoms with Crippen molar-refractivity contribution in [1.29, 1.82) is 0 Å². The lowest BCUT2D eigenvalue weighted by atomic mass is 10.1. The van der Waals surface area contributed by atoms with Crippen molar-refractivity contribution in [1.82, 2.24) is 14.6 Å². The van der Waals surface area contributed by atoms with E-state index >= 15 is 0 Å². The lowest BCUT2D eigenvalue weighted by molar-refractivity contribution is 0.597. The Kier molecular flexibility index (Phi) is 4.49. The minimum absolute atomic E-state index is 0.0707. The summed E-state index contributed by atoms with van der Waals surface area (Å²) in [4.78, 5) is 4.75. The molecule has 2 heterocycles. The van der Waals surface area contributed by atoms with Gasteiger partial charge >= 0.3 is 0 Å². The van der Waals surface area contributed by atoms with E-state index in [1.807, 2.05) is 44.2 Å². The third kappa shape index (κ3) is 3.19. The van der Waals surface area contributed by atoms with E-state index in [9.17, 15) is 8.42 Å². The van der Waals surface area contributed by atoms with Crippen LogP contribution in [0.25, 0.3) is 16.6 Å². The van der Waals surface area contributed by atoms with Gasteiger partial charge in [-0.2, -0.15) is 5.10 Å². The number of para-hydroxylation sites is 1. The van der Waals surface area contributed by atoms with Gasteiger partial charge in [0.25, 0.3) is 0 Å². The summed E-state index contributed by atoms with van der Waals surface area (Å²) in [5.41, 5.74) is 2.90. The average Bonchev–Trinajstić information content (AvgIpc) is 2.96. The van der Waals surface area contributed by atoms with Gasteiger partial charge in [0.05, 0.1) is 22.1 Å². The topological polar surface area (TPSA) is 102 Å². The molecule has 0 saturated carbocycles. The van der Waals surface area contributed by atoms with Crippen molar-refractivity contribution in [2.45, 2.75) is 24.8 Å². The molecule has 0 unspecified atom stereocenters. The Morgan fingerprint density at radius 2 is 1.93 bits per heavy atom. The minimum atomic E-state index is -3.77. The lowest BCUT2D eigenvalue weighted by Crippen LogP contribution is -2.14. The van der Waals surface area contributed by atoms with Crippen LogP contribution in [0.4, 0.5) is 5.82 Å². The predicted molar refractivity (Wildman–Crippen MR) is 110 cm³/mol. The molecule has 0 bridgehead atoms. The highest BCUT2D eigenvalue weighted by atomic mass is 35.5. The molecule has 144 valence electrons. The second-order valence-corrected chi connectivity index (χ2v) is 8.54. The van der Waals surface area contributed by atoms with Crippen molar-refractivity contribution in [3.63, 3.8) is 0 Å². The van der Waals surface area contributed by atoms with Gasteiger partial charge in [-0.1, -0.05) is 35.9 Å². The summed E-state index contributed by atoms with van der Waals surface area (Å²) in [5.74, 6) is 0.637. The number of aryl methyl sites for hydroxylation is 1. The molecule has 0 radical (unpaired) electrons. The van der Waals surface area contributed by atoms with E-state index in [0.29, 0.717) is 22.2 Å². The first kappa shape index (κ1) is 18.7. The van der Waals surface area contributed by atoms with Gasteiger partial charge in [0.2, 0.25) is 10.0 Å². The second-order valence-electron chi connectivity index (χ2n) is 6.60. The molecule has 2 aromatic carbocycles. The summed E-state index contributed by atoms with van der Waals surface area (Å²) in [5, 5.41) is 14.5. The maximum atomic E-state index is 11.6. The number of benzene rings is 2. The Morgan fingerprint density at radius 1 is 1.18 bits per heavy atom. The van der Waals surface area contributed by atoms with E-state index in [-0.39, 0.29) is 10.9 Å². The average molecular weight is 416 g/mol. The van der Waals surface area contributed by atoms with Crippen LogP contribution in [0.2, 0.25) is 5.02 Å². The Hall–Kier alpha value is -2.68. The van der Waals surface area contributed by atoms with Crippen LogP contribution in [0.15, 0.2) is 53.4 Å². The molecule has 0 saturated heterocycles. The lowest BCUT2D eigenvalue weighted by Gasteiger charge is -2.17. The maximum absolute atomic E-state index is 11.6. The molecule has 2 aromatic heterocycles. The standard InChI is InChI=1S/C19H18ClN5O2S/c1-11(13-6-5-7-14(10-13)28(21,26)27)22-18-15-8-3-4-9-16(15)25-19(23-18)17(20)12(2)24-25/h3-11H,1-2H3,(H,22,23)(H2,21,26,27)/t11-/m0/s1. The second kappa shape index (κ2) is 6.73. The normalized spacial score (nSPS) is 13.1. The van der Waals surface area contributed by atoms with Gasteiger partial charge in [0, 0.05) is 5.39 Å². The molecule has 4 aromatic rings. The Balaban J connectivity index is 1.82. The Bertz CT molecular complexity index is 1320. The molecule has 0 fully saturated rings. The summed E-state index contributed by atoms with van der Waals surface area (Å²) < 4.78 is 25.0. The molecule has 4 rings (SSSR count). The minimum Gasteiger partial charge on any atom is -0.363 e. The molecule has 0 spiro atoms. The fraction of sp³-hybridized carbons (Fsp3) is 0.158. The highest BCUT2D eigenvalue weighted by molar-refractivity contribution is 7.89. The van der Waals surface area contributed by atoms with E-state index in [4.69, 9.17) is 16.7 Å². The molecule has 1 atom stereocenters. The first-order valence-corrected chi connectivity index (χ1v) is 10.5. The van der Waals surface area contributed by atoms with Crippen molar-refractivity contribution in [2.75, 3.05) is 5.32 Å². The van der Waals surface area contributed by atoms with Crippen LogP contribution in [0, 0.1) is 6.92 Å². The molecule has 7 nitrogen and oxygen atoms in total. The summed E-state index contributed by atoms with van der Waals surface area (Å²) >= 11 is 6.38. The summed E-state index contributed by atoms with van der Waals surface area (Å²) in [6.45, 7) is 3.76. The fourth-order valence-electron chi connectivity index (χ4n) is 3.14. The zero-order valence-corrected chi connectivity index (χ0v) is 16.8. The summed E-state index contributed by atoms with van der Waals surface area (Å²) in [7, 11) is -3.77. The van der Waals surface area contributed by atoms with Crippen LogP contribution >= 0.6 is 11.6 Å². The van der Waals surface area contributed by atoms with Crippen molar-refractivity contribution in [3.8, 4) is 0 Å². The molecule has 0 aliphatic carbocycles. The molecule has 3 N–H and O–H groups in total. The zero-order valence-electron chi connectivity index (χ0n) is 15.2. The van der Waals surface area contributed by atoms with E-state index in [0.717, 1.165) is 16.5 Å². The van der Waals surface area contributed by atoms with E-state index < -0.39 is 10.0 Å². The Labute approximate surface area is 167 Å². The van der Waals surface area contributed by atoms with Crippen LogP contribution in [0.3, 0.4) is 0 Å². The van der Waals surface area contributed by atoms with Gasteiger partial charge in [0.15, 0.2) is 5.65 Å². The van der Waals surface area contributed by atoms with Gasteiger partial charge < -0.3 is 5.32 Å². The SMILES string of the molecule is Cc1nn2c(nc(N[C@@H](C)c3cccc(S(N)(=O)=O)c3)c3ccccc32)c1Cl. The van der Waals surface area contributed by atoms with Crippen LogP contribution < -0.4 is 10.5 Å². The van der Waals surface area contributed by atoms with Crippen LogP contribution in [-0.4, -0.2) is 23.0 Å². The van der Waals surface area contributed by atoms with Crippen molar-refractivity contribution in [3.05, 3.63) is 64.8 Å². The Morgan fingerprint density at radius 3 is 2.68 bits per heavy atom. The highest BCUT2D eigenvalue weighted by Gasteiger charge is 2.17. The largest absolute Gasteiger partial charge is 0.363 e. The van der Waals surface area contributed by atoms with E-state index in [2.05, 4.69) is 15.4 Å². The number of hydrogen-bond acceptors (Lipinski definition) is 5. The molecule has 28 heavy (non-hydrogen) atoms. The number of halogens is 1. The quantitative estimate of drug-likeness (QED) is 0.529. The maximum Gasteiger partial charge on any atom is 0.238 e. The number of nitrogens with zero attached hydrogens (tertiary/aromatic N) is 3. The van der Waals surface area contributed by atoms with E-state index in [1.54, 1.807) is 16.6 Å². The molecular weight excluding hydrogens is 398 g/mol. The van der Waals surface area contributed by atoms with Gasteiger partial charge in [-0.15, -0.1) is 0 Å². The van der Waals surface area contributed by atoms with Crippen molar-refractivity contribution < 1.29 is 8.42 Å². The number of sulfonamides is 1. The predicted octanol–water partition coefficient (Wildman–Crippen LogP) is 3.66. The molecule has 9 heteroatoms. The number of aromatic nitrogens is 3. The number of nitrogens with two attached hydrogens (primary N) is 1. The van der Waals surface area contributed by atoms with Crippen LogP contribution in [-0.2, 0) is 10.0 Å². The van der Waals surface area contributed by atoms with Crippen molar-refractivity contribution >= 4 is 44.0 Å². The molecule has 0 amide bonds. The first-order chi connectivity index (χ1) is 13.3. The fourth-order valence-corrected chi connectivity index (χ4v) is 3.87. The number of nitrogens with one attached hydrogen (secondary N) is 1. The number of anilines is 1. The van der Waals surface area contributed by atoms with Crippen LogP contribution in [0.5, 0.6) is 0 Å². The summed E-state index contributed by atoms with van der Waals surface area (Å²) in [6.07, 6.45) is 0. The number of rotatable bonds is 4. The van der Waals surface area contributed by atoms with Gasteiger partial charge in [-0.3, -0.25) is 0 Å². The van der Waals surface area contributed by atoms with Gasteiger partial charge in [0.1, 0.15) is 10.8 Å². The molecular formula is C19H18ClN5O2S. The van der Waals surface area contributed by atoms with Crippen LogP contribution in [0.1, 0.15) is 24.2 Å². The highest BCUT2D eigenvalue weighted by Crippen LogP contribution is 2.30. The zero-order chi connectivity index (χ0) is 20.1. The third-order valence-corrected chi connectivity index (χ3v) is 5.96. The number of fused-ring (bicyclic) bond motifs is 3. The van der Waals surface area contributed by atoms with Gasteiger partial charge in [-0.05, 0) is 43.7 Å². The smallest absolute Gasteiger partial charge is 0.238 e. The van der Waals surface area contributed by atoms with Crippen molar-refractivity contribution in [2.24, 2.45) is 5.14 Å². The number of hydrogen-bond donors (Lipinski definition) is 2. The molecule has 0 aliphatic rings. The van der Waals surface area contributed by atoms with E-state index in [1.165, 1.54) is 6.07 Å². The molecule has 0 aliphatic heterocycles. The monoisotopic (exact) mass is 415 g/mol. The first-order valence-electron chi connectivity index (χ1n) is 8.58. The number of primary sulfonamides is 1.